The van der Waals surface area contributed by atoms with Crippen LogP contribution in [0.15, 0.2) is 32.7 Å². The molecule has 0 aliphatic heterocycles. The number of H-pyrrole nitrogens is 1. The van der Waals surface area contributed by atoms with Crippen LogP contribution in [0.5, 0.6) is 0 Å². The summed E-state index contributed by atoms with van der Waals surface area (Å²) in [5.74, 6) is 0. The molecule has 3 aromatic rings. The summed E-state index contributed by atoms with van der Waals surface area (Å²) in [7, 11) is 0. The fourth-order valence-electron chi connectivity index (χ4n) is 1.56. The highest BCUT2D eigenvalue weighted by Crippen LogP contribution is 2.23. The molecular formula is C10H7N3O2S. The predicted molar refractivity (Wildman–Crippen MR) is 61.7 cm³/mol. The minimum absolute atomic E-state index is 0.228. The molecule has 3 rings (SSSR count). The van der Waals surface area contributed by atoms with E-state index in [4.69, 9.17) is 4.42 Å². The number of aromatic amines is 1. The zero-order valence-electron chi connectivity index (χ0n) is 8.35. The first kappa shape index (κ1) is 9.41. The number of rotatable bonds is 1. The van der Waals surface area contributed by atoms with Crippen molar-refractivity contribution in [3.8, 4) is 0 Å². The maximum atomic E-state index is 11.7. The quantitative estimate of drug-likeness (QED) is 0.512. The van der Waals surface area contributed by atoms with Crippen molar-refractivity contribution >= 4 is 34.0 Å². The fourth-order valence-corrected chi connectivity index (χ4v) is 1.94. The van der Waals surface area contributed by atoms with E-state index in [-0.39, 0.29) is 11.1 Å². The molecule has 3 aromatic heterocycles. The van der Waals surface area contributed by atoms with Crippen LogP contribution in [-0.2, 0) is 0 Å². The molecule has 5 nitrogen and oxygen atoms in total. The first-order valence-corrected chi connectivity index (χ1v) is 5.83. The van der Waals surface area contributed by atoms with Gasteiger partial charge >= 0.3 is 0 Å². The van der Waals surface area contributed by atoms with Crippen LogP contribution in [0.4, 0.5) is 0 Å². The molecule has 0 aliphatic carbocycles. The fraction of sp³-hybridized carbons (Fsp3) is 0.100. The maximum Gasteiger partial charge on any atom is 0.295 e. The lowest BCUT2D eigenvalue weighted by Gasteiger charge is -1.93. The van der Waals surface area contributed by atoms with Crippen LogP contribution in [0, 0.1) is 0 Å². The van der Waals surface area contributed by atoms with Crippen molar-refractivity contribution in [1.82, 2.24) is 15.0 Å². The number of fused-ring (bicyclic) bond motifs is 3. The Kier molecular flexibility index (Phi) is 1.97. The number of thioether (sulfide) groups is 1. The average Bonchev–Trinajstić information content (AvgIpc) is 2.68. The SMILES string of the molecule is CSc1nc2c(oc3ncccc32)c(=O)[nH]1. The molecule has 16 heavy (non-hydrogen) atoms. The third kappa shape index (κ3) is 1.23. The average molecular weight is 233 g/mol. The van der Waals surface area contributed by atoms with Gasteiger partial charge in [0.2, 0.25) is 11.3 Å². The first-order chi connectivity index (χ1) is 7.79. The van der Waals surface area contributed by atoms with Crippen molar-refractivity contribution in [3.63, 3.8) is 0 Å². The lowest BCUT2D eigenvalue weighted by molar-refractivity contribution is 0.644. The number of nitrogens with one attached hydrogen (secondary N) is 1. The summed E-state index contributed by atoms with van der Waals surface area (Å²) in [5.41, 5.74) is 0.962. The van der Waals surface area contributed by atoms with Gasteiger partial charge in [0.05, 0.1) is 5.39 Å². The Hall–Kier alpha value is -1.82. The van der Waals surface area contributed by atoms with Crippen LogP contribution in [0.1, 0.15) is 0 Å². The van der Waals surface area contributed by atoms with E-state index in [1.807, 2.05) is 12.3 Å². The molecule has 1 N–H and O–H groups in total. The molecule has 0 spiro atoms. The minimum atomic E-state index is -0.271. The van der Waals surface area contributed by atoms with Crippen molar-refractivity contribution in [2.75, 3.05) is 6.26 Å². The number of furan rings is 1. The zero-order chi connectivity index (χ0) is 11.1. The molecular weight excluding hydrogens is 226 g/mol. The Morgan fingerprint density at radius 1 is 1.50 bits per heavy atom. The second-order valence-electron chi connectivity index (χ2n) is 3.21. The van der Waals surface area contributed by atoms with Crippen LogP contribution >= 0.6 is 11.8 Å². The molecule has 0 aromatic carbocycles. The van der Waals surface area contributed by atoms with Crippen molar-refractivity contribution in [2.45, 2.75) is 5.16 Å². The highest BCUT2D eigenvalue weighted by atomic mass is 32.2. The van der Waals surface area contributed by atoms with Crippen molar-refractivity contribution in [3.05, 3.63) is 28.7 Å². The minimum Gasteiger partial charge on any atom is -0.430 e. The molecule has 0 bridgehead atoms. The summed E-state index contributed by atoms with van der Waals surface area (Å²) < 4.78 is 5.36. The first-order valence-electron chi connectivity index (χ1n) is 4.61. The van der Waals surface area contributed by atoms with E-state index in [0.717, 1.165) is 5.39 Å². The number of nitrogens with zero attached hydrogens (tertiary/aromatic N) is 2. The second-order valence-corrected chi connectivity index (χ2v) is 4.01. The molecule has 0 fully saturated rings. The van der Waals surface area contributed by atoms with Gasteiger partial charge in [-0.2, -0.15) is 0 Å². The molecule has 0 unspecified atom stereocenters. The Morgan fingerprint density at radius 2 is 2.38 bits per heavy atom. The van der Waals surface area contributed by atoms with E-state index in [9.17, 15) is 4.79 Å². The van der Waals surface area contributed by atoms with Crippen LogP contribution in [0.2, 0.25) is 0 Å². The number of hydrogen-bond donors (Lipinski definition) is 1. The van der Waals surface area contributed by atoms with Gasteiger partial charge in [0.15, 0.2) is 5.16 Å². The Balaban J connectivity index is 2.56. The highest BCUT2D eigenvalue weighted by molar-refractivity contribution is 7.98. The maximum absolute atomic E-state index is 11.7. The van der Waals surface area contributed by atoms with Crippen molar-refractivity contribution in [2.24, 2.45) is 0 Å². The van der Waals surface area contributed by atoms with E-state index in [2.05, 4.69) is 15.0 Å². The van der Waals surface area contributed by atoms with E-state index < -0.39 is 0 Å². The van der Waals surface area contributed by atoms with Crippen molar-refractivity contribution in [1.29, 1.82) is 0 Å². The summed E-state index contributed by atoms with van der Waals surface area (Å²) in [5, 5.41) is 1.34. The predicted octanol–water partition coefficient (Wildman–Crippen LogP) is 1.79. The summed E-state index contributed by atoms with van der Waals surface area (Å²) in [6, 6.07) is 3.63. The summed E-state index contributed by atoms with van der Waals surface area (Å²) in [6.07, 6.45) is 3.47. The summed E-state index contributed by atoms with van der Waals surface area (Å²) >= 11 is 1.38. The second kappa shape index (κ2) is 3.34. The molecule has 3 heterocycles. The normalized spacial score (nSPS) is 11.3. The molecule has 0 amide bonds. The lowest BCUT2D eigenvalue weighted by Crippen LogP contribution is -2.07. The highest BCUT2D eigenvalue weighted by Gasteiger charge is 2.12. The van der Waals surface area contributed by atoms with Gasteiger partial charge < -0.3 is 4.42 Å². The topological polar surface area (TPSA) is 71.8 Å². The molecule has 0 aliphatic rings. The molecule has 0 radical (unpaired) electrons. The smallest absolute Gasteiger partial charge is 0.295 e. The molecule has 0 atom stereocenters. The Bertz CT molecular complexity index is 732. The third-order valence-electron chi connectivity index (χ3n) is 2.27. The zero-order valence-corrected chi connectivity index (χ0v) is 9.17. The van der Waals surface area contributed by atoms with Gasteiger partial charge in [-0.1, -0.05) is 11.8 Å². The van der Waals surface area contributed by atoms with Gasteiger partial charge in [-0.3, -0.25) is 9.78 Å². The van der Waals surface area contributed by atoms with Gasteiger partial charge in [-0.15, -0.1) is 0 Å². The van der Waals surface area contributed by atoms with Crippen LogP contribution in [0.25, 0.3) is 22.2 Å². The lowest BCUT2D eigenvalue weighted by atomic mass is 10.3. The summed E-state index contributed by atoms with van der Waals surface area (Å²) in [4.78, 5) is 22.7. The van der Waals surface area contributed by atoms with Crippen LogP contribution in [-0.4, -0.2) is 21.2 Å². The van der Waals surface area contributed by atoms with Gasteiger partial charge in [-0.05, 0) is 18.4 Å². The monoisotopic (exact) mass is 233 g/mol. The van der Waals surface area contributed by atoms with Gasteiger partial charge in [0.25, 0.3) is 5.56 Å². The Morgan fingerprint density at radius 3 is 3.19 bits per heavy atom. The van der Waals surface area contributed by atoms with Gasteiger partial charge in [0, 0.05) is 6.20 Å². The number of aromatic nitrogens is 3. The van der Waals surface area contributed by atoms with E-state index in [1.54, 1.807) is 12.3 Å². The molecule has 0 saturated carbocycles. The van der Waals surface area contributed by atoms with Crippen LogP contribution < -0.4 is 5.56 Å². The largest absolute Gasteiger partial charge is 0.430 e. The third-order valence-corrected chi connectivity index (χ3v) is 2.85. The van der Waals surface area contributed by atoms with Crippen LogP contribution in [0.3, 0.4) is 0 Å². The van der Waals surface area contributed by atoms with Crippen molar-refractivity contribution < 1.29 is 4.42 Å². The van der Waals surface area contributed by atoms with Gasteiger partial charge in [0.1, 0.15) is 5.52 Å². The van der Waals surface area contributed by atoms with E-state index in [1.165, 1.54) is 11.8 Å². The molecule has 80 valence electrons. The molecule has 0 saturated heterocycles. The van der Waals surface area contributed by atoms with Gasteiger partial charge in [-0.25, -0.2) is 9.97 Å². The standard InChI is InChI=1S/C10H7N3O2S/c1-16-10-12-6-5-3-2-4-11-9(5)15-7(6)8(14)13-10/h2-4H,1H3,(H,12,13,14). The van der Waals surface area contributed by atoms with E-state index in [0.29, 0.717) is 16.4 Å². The Labute approximate surface area is 93.9 Å². The number of hydrogen-bond acceptors (Lipinski definition) is 5. The summed E-state index contributed by atoms with van der Waals surface area (Å²) in [6.45, 7) is 0. The molecule has 6 heteroatoms. The van der Waals surface area contributed by atoms with E-state index >= 15 is 0 Å². The number of pyridine rings is 1.